The monoisotopic (exact) mass is 175 g/mol. The number of hydrogen-bond donors (Lipinski definition) is 3. The minimum Gasteiger partial charge on any atom is -0.507 e. The lowest BCUT2D eigenvalue weighted by Gasteiger charge is -2.09. The maximum Gasteiger partial charge on any atom is 0.154 e. The highest BCUT2D eigenvalue weighted by Gasteiger charge is 2.17. The second kappa shape index (κ2) is 2.94. The van der Waals surface area contributed by atoms with Crippen LogP contribution in [0.3, 0.4) is 0 Å². The number of nitriles is 1. The molecule has 6 heteroatoms. The van der Waals surface area contributed by atoms with Crippen LogP contribution in [-0.4, -0.2) is 31.0 Å². The molecule has 0 aliphatic carbocycles. The van der Waals surface area contributed by atoms with Gasteiger partial charge in [-0.3, -0.25) is 0 Å². The van der Waals surface area contributed by atoms with E-state index >= 15 is 0 Å². The molecule has 0 aromatic heterocycles. The van der Waals surface area contributed by atoms with E-state index in [-0.39, 0.29) is 33.7 Å². The first-order valence-electron chi connectivity index (χ1n) is 3.64. The van der Waals surface area contributed by atoms with Crippen molar-refractivity contribution in [2.24, 2.45) is 0 Å². The molecule has 13 heavy (non-hydrogen) atoms. The summed E-state index contributed by atoms with van der Waals surface area (Å²) in [5.41, 5.74) is 0.288. The summed E-state index contributed by atoms with van der Waals surface area (Å²) in [6.45, 7) is 0. The Morgan fingerprint density at radius 2 is 1.38 bits per heavy atom. The summed E-state index contributed by atoms with van der Waals surface area (Å²) in [7, 11) is 2.87. The van der Waals surface area contributed by atoms with Gasteiger partial charge >= 0.3 is 0 Å². The van der Waals surface area contributed by atoms with Crippen molar-refractivity contribution in [3.8, 4) is 23.3 Å². The highest BCUT2D eigenvalue weighted by Crippen LogP contribution is 2.25. The Morgan fingerprint density at radius 1 is 0.923 bits per heavy atom. The molecule has 1 aromatic carbocycles. The molecule has 0 saturated heterocycles. The van der Waals surface area contributed by atoms with E-state index in [2.05, 4.69) is 0 Å². The van der Waals surface area contributed by atoms with Crippen molar-refractivity contribution in [1.82, 2.24) is 0 Å². The predicted molar refractivity (Wildman–Crippen MR) is 52.5 cm³/mol. The van der Waals surface area contributed by atoms with E-state index < -0.39 is 0 Å². The van der Waals surface area contributed by atoms with Crippen molar-refractivity contribution in [2.75, 3.05) is 0 Å². The summed E-state index contributed by atoms with van der Waals surface area (Å²) in [4.78, 5) is 0. The van der Waals surface area contributed by atoms with Crippen LogP contribution in [0, 0.1) is 11.3 Å². The molecule has 0 spiro atoms. The summed E-state index contributed by atoms with van der Waals surface area (Å²) < 4.78 is 0. The molecule has 3 N–H and O–H groups in total. The van der Waals surface area contributed by atoms with Crippen molar-refractivity contribution in [2.45, 2.75) is 0 Å². The summed E-state index contributed by atoms with van der Waals surface area (Å²) in [5, 5.41) is 36.6. The highest BCUT2D eigenvalue weighted by atomic mass is 16.3. The smallest absolute Gasteiger partial charge is 0.154 e. The van der Waals surface area contributed by atoms with Crippen LogP contribution in [0.4, 0.5) is 0 Å². The lowest BCUT2D eigenvalue weighted by Crippen LogP contribution is -2.17. The molecule has 0 bridgehead atoms. The average molecular weight is 175 g/mol. The fourth-order valence-corrected chi connectivity index (χ4v) is 1.09. The van der Waals surface area contributed by atoms with Crippen LogP contribution in [0.25, 0.3) is 0 Å². The fraction of sp³-hybridized carbons (Fsp3) is 0. The van der Waals surface area contributed by atoms with E-state index in [0.29, 0.717) is 0 Å². The molecule has 0 saturated carbocycles. The molecule has 0 amide bonds. The lowest BCUT2D eigenvalue weighted by atomic mass is 9.82. The zero-order valence-electron chi connectivity index (χ0n) is 7.29. The summed E-state index contributed by atoms with van der Waals surface area (Å²) >= 11 is 0. The van der Waals surface area contributed by atoms with Crippen LogP contribution in [-0.2, 0) is 0 Å². The van der Waals surface area contributed by atoms with Gasteiger partial charge in [-0.25, -0.2) is 0 Å². The SMILES string of the molecule is Bc1c(O)c(O)c(B)c(C#N)c1O. The molecule has 0 fully saturated rings. The van der Waals surface area contributed by atoms with Crippen LogP contribution in [0.15, 0.2) is 0 Å². The standard InChI is InChI=1S/C7H7B2NO3/c8-3-2(1-10)5(11)4(9)7(13)6(3)12/h11-13H,8-9H2. The summed E-state index contributed by atoms with van der Waals surface area (Å²) in [6, 6.07) is 1.75. The van der Waals surface area contributed by atoms with Crippen molar-refractivity contribution in [3.63, 3.8) is 0 Å². The maximum atomic E-state index is 9.39. The van der Waals surface area contributed by atoms with Crippen LogP contribution >= 0.6 is 0 Å². The van der Waals surface area contributed by atoms with E-state index in [9.17, 15) is 15.3 Å². The minimum absolute atomic E-state index is 0.00667. The van der Waals surface area contributed by atoms with E-state index in [1.807, 2.05) is 0 Å². The third-order valence-corrected chi connectivity index (χ3v) is 2.01. The van der Waals surface area contributed by atoms with Crippen LogP contribution in [0.2, 0.25) is 0 Å². The van der Waals surface area contributed by atoms with Crippen molar-refractivity contribution < 1.29 is 15.3 Å². The predicted octanol–water partition coefficient (Wildman–Crippen LogP) is -2.81. The normalized spacial score (nSPS) is 9.46. The maximum absolute atomic E-state index is 9.39. The van der Waals surface area contributed by atoms with Gasteiger partial charge in [-0.2, -0.15) is 5.26 Å². The lowest BCUT2D eigenvalue weighted by molar-refractivity contribution is 0.404. The zero-order valence-corrected chi connectivity index (χ0v) is 7.29. The van der Waals surface area contributed by atoms with Crippen molar-refractivity contribution in [1.29, 1.82) is 5.26 Å². The number of phenols is 3. The Morgan fingerprint density at radius 3 is 1.85 bits per heavy atom. The number of hydrogen-bond acceptors (Lipinski definition) is 4. The second-order valence-corrected chi connectivity index (χ2v) is 2.78. The third kappa shape index (κ3) is 1.18. The van der Waals surface area contributed by atoms with Crippen LogP contribution < -0.4 is 10.9 Å². The van der Waals surface area contributed by atoms with Crippen molar-refractivity contribution >= 4 is 26.6 Å². The number of phenolic OH excluding ortho intramolecular Hbond substituents is 3. The van der Waals surface area contributed by atoms with E-state index in [1.165, 1.54) is 15.7 Å². The summed E-state index contributed by atoms with van der Waals surface area (Å²) in [6.07, 6.45) is 0. The minimum atomic E-state index is -0.381. The first-order chi connectivity index (χ1) is 6.00. The van der Waals surface area contributed by atoms with Gasteiger partial charge in [-0.05, 0) is 10.9 Å². The molecule has 64 valence electrons. The average Bonchev–Trinajstić information content (AvgIpc) is 2.13. The number of benzene rings is 1. The van der Waals surface area contributed by atoms with Gasteiger partial charge in [0.15, 0.2) is 11.5 Å². The van der Waals surface area contributed by atoms with Crippen molar-refractivity contribution in [3.05, 3.63) is 5.56 Å². The van der Waals surface area contributed by atoms with E-state index in [0.717, 1.165) is 0 Å². The molecule has 0 heterocycles. The molecule has 0 aliphatic rings. The largest absolute Gasteiger partial charge is 0.507 e. The van der Waals surface area contributed by atoms with Gasteiger partial charge in [0.25, 0.3) is 0 Å². The number of nitrogens with zero attached hydrogens (tertiary/aromatic N) is 1. The van der Waals surface area contributed by atoms with Gasteiger partial charge in [0.2, 0.25) is 0 Å². The molecule has 0 aliphatic heterocycles. The van der Waals surface area contributed by atoms with Crippen LogP contribution in [0.1, 0.15) is 5.56 Å². The molecular formula is C7H7B2NO3. The van der Waals surface area contributed by atoms with Gasteiger partial charge < -0.3 is 15.3 Å². The first kappa shape index (κ1) is 9.33. The van der Waals surface area contributed by atoms with Crippen LogP contribution in [0.5, 0.6) is 17.2 Å². The molecule has 4 nitrogen and oxygen atoms in total. The Labute approximate surface area is 76.9 Å². The molecule has 1 rings (SSSR count). The zero-order chi connectivity index (χ0) is 10.2. The van der Waals surface area contributed by atoms with Gasteiger partial charge in [-0.15, -0.1) is 0 Å². The molecule has 0 atom stereocenters. The highest BCUT2D eigenvalue weighted by molar-refractivity contribution is 6.41. The molecule has 1 aromatic rings. The molecule has 0 radical (unpaired) electrons. The Balaban J connectivity index is 3.69. The van der Waals surface area contributed by atoms with E-state index in [4.69, 9.17) is 5.26 Å². The Kier molecular flexibility index (Phi) is 2.11. The van der Waals surface area contributed by atoms with Gasteiger partial charge in [-0.1, -0.05) is 0 Å². The number of rotatable bonds is 0. The fourth-order valence-electron chi connectivity index (χ4n) is 1.09. The molecule has 0 unspecified atom stereocenters. The summed E-state index contributed by atoms with van der Waals surface area (Å²) in [5.74, 6) is -1.02. The number of aromatic hydroxyl groups is 3. The van der Waals surface area contributed by atoms with E-state index in [1.54, 1.807) is 6.07 Å². The van der Waals surface area contributed by atoms with Gasteiger partial charge in [0.1, 0.15) is 27.5 Å². The van der Waals surface area contributed by atoms with Gasteiger partial charge in [0, 0.05) is 0 Å². The Hall–Kier alpha value is -1.76. The Bertz CT molecular complexity index is 382. The first-order valence-corrected chi connectivity index (χ1v) is 3.64. The second-order valence-electron chi connectivity index (χ2n) is 2.78. The third-order valence-electron chi connectivity index (χ3n) is 2.01. The quantitative estimate of drug-likeness (QED) is 0.225. The van der Waals surface area contributed by atoms with Gasteiger partial charge in [0.05, 0.1) is 5.56 Å². The molecular weight excluding hydrogens is 168 g/mol. The topological polar surface area (TPSA) is 84.5 Å².